The van der Waals surface area contributed by atoms with Gasteiger partial charge in [-0.05, 0) is 48.9 Å². The highest BCUT2D eigenvalue weighted by Crippen LogP contribution is 2.21. The summed E-state index contributed by atoms with van der Waals surface area (Å²) in [7, 11) is 0. The van der Waals surface area contributed by atoms with E-state index in [-0.39, 0.29) is 30.1 Å². The summed E-state index contributed by atoms with van der Waals surface area (Å²) in [6, 6.07) is 16.9. The summed E-state index contributed by atoms with van der Waals surface area (Å²) in [6.45, 7) is 2.83. The first-order valence-electron chi connectivity index (χ1n) is 10.3. The first-order chi connectivity index (χ1) is 15.2. The van der Waals surface area contributed by atoms with Crippen LogP contribution in [0.15, 0.2) is 59.6 Å². The van der Waals surface area contributed by atoms with Gasteiger partial charge in [0.15, 0.2) is 5.69 Å². The molecule has 1 fully saturated rings. The van der Waals surface area contributed by atoms with Crippen LogP contribution in [0.1, 0.15) is 47.1 Å². The van der Waals surface area contributed by atoms with Crippen LogP contribution < -0.4 is 10.4 Å². The van der Waals surface area contributed by atoms with Gasteiger partial charge in [-0.1, -0.05) is 47.7 Å². The quantitative estimate of drug-likeness (QED) is 0.423. The molecule has 2 aromatic carbocycles. The summed E-state index contributed by atoms with van der Waals surface area (Å²) < 4.78 is 7.46. The fourth-order valence-corrected chi connectivity index (χ4v) is 3.12. The maximum absolute atomic E-state index is 12.7. The number of nitrogens with zero attached hydrogens (tertiary/aromatic N) is 4. The lowest BCUT2D eigenvalue weighted by atomic mass is 10.2. The van der Waals surface area contributed by atoms with E-state index < -0.39 is 0 Å². The van der Waals surface area contributed by atoms with Gasteiger partial charge in [-0.25, -0.2) is 4.68 Å². The van der Waals surface area contributed by atoms with Gasteiger partial charge in [0.2, 0.25) is 0 Å². The molecule has 0 unspecified atom stereocenters. The van der Waals surface area contributed by atoms with Crippen LogP contribution in [0.2, 0.25) is 0 Å². The van der Waals surface area contributed by atoms with Gasteiger partial charge in [-0.2, -0.15) is 0 Å². The van der Waals surface area contributed by atoms with Gasteiger partial charge in [-0.3, -0.25) is 4.79 Å². The number of hydrogen-bond donors (Lipinski definition) is 1. The van der Waals surface area contributed by atoms with E-state index >= 15 is 0 Å². The van der Waals surface area contributed by atoms with Gasteiger partial charge in [0.1, 0.15) is 5.69 Å². The highest BCUT2D eigenvalue weighted by molar-refractivity contribution is 5.94. The lowest BCUT2D eigenvalue weighted by molar-refractivity contribution is -0.213. The number of carbonyl (C=O) groups is 1. The molecule has 1 aliphatic rings. The van der Waals surface area contributed by atoms with Crippen molar-refractivity contribution in [2.75, 3.05) is 6.54 Å². The van der Waals surface area contributed by atoms with Crippen molar-refractivity contribution in [3.8, 4) is 5.69 Å². The Morgan fingerprint density at radius 1 is 1.16 bits per heavy atom. The van der Waals surface area contributed by atoms with Crippen molar-refractivity contribution < 1.29 is 14.6 Å². The van der Waals surface area contributed by atoms with Crippen LogP contribution in [-0.4, -0.2) is 39.4 Å². The fraction of sp³-hybridized carbons (Fsp3) is 0.304. The monoisotopic (exact) mass is 418 g/mol. The summed E-state index contributed by atoms with van der Waals surface area (Å²) in [4.78, 5) is 16.6. The SMILES string of the molecule is CCN=C([O-])c1ccc(-n2nnc(C(=O)NC3CC3)c2COCc2ccccc2)cc1. The molecule has 1 aromatic heterocycles. The molecule has 8 nitrogen and oxygen atoms in total. The molecule has 0 saturated heterocycles. The van der Waals surface area contributed by atoms with E-state index in [0.29, 0.717) is 30.1 Å². The number of aliphatic imine (C=N–C) groups is 1. The first-order valence-corrected chi connectivity index (χ1v) is 10.3. The molecular weight excluding hydrogens is 394 g/mol. The summed E-state index contributed by atoms with van der Waals surface area (Å²) in [5.41, 5.74) is 3.03. The zero-order valence-corrected chi connectivity index (χ0v) is 17.3. The first kappa shape index (κ1) is 20.7. The van der Waals surface area contributed by atoms with Crippen molar-refractivity contribution in [2.45, 2.75) is 39.0 Å². The van der Waals surface area contributed by atoms with Gasteiger partial charge < -0.3 is 20.2 Å². The molecule has 0 aliphatic heterocycles. The number of ether oxygens (including phenoxy) is 1. The number of amides is 1. The maximum atomic E-state index is 12.7. The second-order valence-corrected chi connectivity index (χ2v) is 7.35. The van der Waals surface area contributed by atoms with Crippen molar-refractivity contribution in [1.29, 1.82) is 0 Å². The number of carbonyl (C=O) groups excluding carboxylic acids is 1. The van der Waals surface area contributed by atoms with Gasteiger partial charge in [0, 0.05) is 12.6 Å². The minimum Gasteiger partial charge on any atom is -0.858 e. The molecule has 160 valence electrons. The Balaban J connectivity index is 1.57. The number of benzene rings is 2. The number of aromatic nitrogens is 3. The minimum atomic E-state index is -0.261. The van der Waals surface area contributed by atoms with Crippen LogP contribution in [0, 0.1) is 0 Å². The molecule has 0 bridgehead atoms. The van der Waals surface area contributed by atoms with E-state index in [9.17, 15) is 9.90 Å². The second kappa shape index (κ2) is 9.53. The predicted molar refractivity (Wildman–Crippen MR) is 114 cm³/mol. The number of hydrogen-bond acceptors (Lipinski definition) is 6. The fourth-order valence-electron chi connectivity index (χ4n) is 3.12. The molecular formula is C23H24N5O3-. The van der Waals surface area contributed by atoms with E-state index in [0.717, 1.165) is 18.4 Å². The molecule has 1 amide bonds. The van der Waals surface area contributed by atoms with Gasteiger partial charge in [0.05, 0.1) is 18.9 Å². The van der Waals surface area contributed by atoms with E-state index in [1.807, 2.05) is 37.3 Å². The third kappa shape index (κ3) is 5.16. The molecule has 0 spiro atoms. The average molecular weight is 418 g/mol. The zero-order chi connectivity index (χ0) is 21.6. The van der Waals surface area contributed by atoms with Crippen LogP contribution in [0.25, 0.3) is 5.69 Å². The maximum Gasteiger partial charge on any atom is 0.274 e. The lowest BCUT2D eigenvalue weighted by Crippen LogP contribution is -2.27. The average Bonchev–Trinajstić information content (AvgIpc) is 3.51. The van der Waals surface area contributed by atoms with E-state index in [4.69, 9.17) is 4.74 Å². The van der Waals surface area contributed by atoms with Crippen LogP contribution in [0.4, 0.5) is 0 Å². The number of rotatable bonds is 9. The molecule has 1 saturated carbocycles. The third-order valence-electron chi connectivity index (χ3n) is 4.90. The van der Waals surface area contributed by atoms with Crippen molar-refractivity contribution in [2.24, 2.45) is 4.99 Å². The highest BCUT2D eigenvalue weighted by Gasteiger charge is 2.28. The minimum absolute atomic E-state index is 0.168. The molecule has 8 heteroatoms. The molecule has 3 aromatic rings. The Morgan fingerprint density at radius 3 is 2.58 bits per heavy atom. The van der Waals surface area contributed by atoms with Crippen LogP contribution in [-0.2, 0) is 18.0 Å². The predicted octanol–water partition coefficient (Wildman–Crippen LogP) is 2.00. The smallest absolute Gasteiger partial charge is 0.274 e. The third-order valence-corrected chi connectivity index (χ3v) is 4.90. The van der Waals surface area contributed by atoms with E-state index in [1.165, 1.54) is 0 Å². The van der Waals surface area contributed by atoms with Crippen molar-refractivity contribution in [3.05, 3.63) is 77.1 Å². The Bertz CT molecular complexity index is 1060. The molecule has 1 heterocycles. The van der Waals surface area contributed by atoms with Gasteiger partial charge in [0.25, 0.3) is 5.91 Å². The normalized spacial score (nSPS) is 13.9. The Kier molecular flexibility index (Phi) is 6.37. The summed E-state index contributed by atoms with van der Waals surface area (Å²) in [6.07, 6.45) is 1.97. The molecule has 1 N–H and O–H groups in total. The highest BCUT2D eigenvalue weighted by atomic mass is 16.5. The number of nitrogens with one attached hydrogen (secondary N) is 1. The molecule has 31 heavy (non-hydrogen) atoms. The zero-order valence-electron chi connectivity index (χ0n) is 17.3. The topological polar surface area (TPSA) is 104 Å². The van der Waals surface area contributed by atoms with Crippen molar-refractivity contribution in [3.63, 3.8) is 0 Å². The standard InChI is InChI=1S/C23H25N5O3/c1-2-24-22(29)17-8-12-19(13-9-17)28-20(15-31-14-16-6-4-3-5-7-16)21(26-27-28)23(30)25-18-10-11-18/h3-9,12-13,18H,2,10-11,14-15H2,1H3,(H,24,29)(H,25,30)/p-1. The summed E-state index contributed by atoms with van der Waals surface area (Å²) in [5, 5.41) is 23.2. The van der Waals surface area contributed by atoms with Gasteiger partial charge in [-0.15, -0.1) is 5.10 Å². The molecule has 0 atom stereocenters. The summed E-state index contributed by atoms with van der Waals surface area (Å²) in [5.74, 6) is -0.510. The lowest BCUT2D eigenvalue weighted by Gasteiger charge is -2.12. The Labute approximate surface area is 180 Å². The largest absolute Gasteiger partial charge is 0.858 e. The van der Waals surface area contributed by atoms with Crippen molar-refractivity contribution >= 4 is 11.8 Å². The van der Waals surface area contributed by atoms with Crippen molar-refractivity contribution in [1.82, 2.24) is 20.3 Å². The van der Waals surface area contributed by atoms with Crippen LogP contribution in [0.5, 0.6) is 0 Å². The molecule has 1 aliphatic carbocycles. The van der Waals surface area contributed by atoms with Crippen LogP contribution in [0.3, 0.4) is 0 Å². The molecule has 4 rings (SSSR count). The van der Waals surface area contributed by atoms with E-state index in [1.54, 1.807) is 28.9 Å². The van der Waals surface area contributed by atoms with Crippen LogP contribution >= 0.6 is 0 Å². The van der Waals surface area contributed by atoms with Gasteiger partial charge >= 0.3 is 0 Å². The Hall–Kier alpha value is -3.52. The van der Waals surface area contributed by atoms with E-state index in [2.05, 4.69) is 20.6 Å². The second-order valence-electron chi connectivity index (χ2n) is 7.35. The Morgan fingerprint density at radius 2 is 1.90 bits per heavy atom. The molecule has 0 radical (unpaired) electrons. The summed E-state index contributed by atoms with van der Waals surface area (Å²) >= 11 is 0.